The van der Waals surface area contributed by atoms with Gasteiger partial charge < -0.3 is 9.30 Å². The molecule has 5 nitrogen and oxygen atoms in total. The van der Waals surface area contributed by atoms with Crippen molar-refractivity contribution in [1.29, 1.82) is 0 Å². The Kier molecular flexibility index (Phi) is 6.37. The van der Waals surface area contributed by atoms with Crippen LogP contribution in [0.5, 0.6) is 0 Å². The monoisotopic (exact) mass is 486 g/mol. The first-order valence-electron chi connectivity index (χ1n) is 7.87. The number of nitrogens with zero attached hydrogens (tertiary/aromatic N) is 2. The van der Waals surface area contributed by atoms with Gasteiger partial charge in [-0.05, 0) is 37.3 Å². The zero-order valence-corrected chi connectivity index (χ0v) is 18.0. The van der Waals surface area contributed by atoms with Gasteiger partial charge in [0.25, 0.3) is 5.91 Å². The van der Waals surface area contributed by atoms with Crippen molar-refractivity contribution in [3.8, 4) is 0 Å². The molecule has 0 aliphatic rings. The Hall–Kier alpha value is -1.67. The maximum absolute atomic E-state index is 12.6. The third kappa shape index (κ3) is 4.60. The van der Waals surface area contributed by atoms with Crippen LogP contribution < -0.4 is 4.80 Å². The van der Waals surface area contributed by atoms with E-state index in [1.165, 1.54) is 11.3 Å². The summed E-state index contributed by atoms with van der Waals surface area (Å²) >= 11 is 17.0. The molecule has 3 rings (SSSR count). The van der Waals surface area contributed by atoms with Crippen molar-refractivity contribution in [3.63, 3.8) is 0 Å². The number of esters is 1. The van der Waals surface area contributed by atoms with Crippen LogP contribution in [-0.4, -0.2) is 23.1 Å². The molecule has 140 valence electrons. The van der Waals surface area contributed by atoms with Gasteiger partial charge in [-0.1, -0.05) is 56.5 Å². The molecule has 0 bridgehead atoms. The molecule has 0 spiro atoms. The standard InChI is InChI=1S/C18H13BrCl2N2O3S/c1-2-26-15(24)9-23-16-13(21)7-12(20)8-14(16)27-18(23)22-17(25)10-4-3-5-11(19)6-10/h3-8H,2,9H2,1H3. The number of aromatic nitrogens is 1. The van der Waals surface area contributed by atoms with E-state index in [0.29, 0.717) is 25.9 Å². The summed E-state index contributed by atoms with van der Waals surface area (Å²) in [7, 11) is 0. The van der Waals surface area contributed by atoms with E-state index >= 15 is 0 Å². The lowest BCUT2D eigenvalue weighted by molar-refractivity contribution is -0.143. The third-order valence-corrected chi connectivity index (χ3v) is 5.58. The minimum absolute atomic E-state index is 0.111. The Labute approximate surface area is 177 Å². The van der Waals surface area contributed by atoms with Crippen LogP contribution in [0.1, 0.15) is 17.3 Å². The summed E-state index contributed by atoms with van der Waals surface area (Å²) in [5.41, 5.74) is 1.01. The third-order valence-electron chi connectivity index (χ3n) is 3.56. The summed E-state index contributed by atoms with van der Waals surface area (Å²) in [5, 5.41) is 0.830. The van der Waals surface area contributed by atoms with Crippen molar-refractivity contribution >= 4 is 72.6 Å². The fourth-order valence-corrected chi connectivity index (χ4v) is 4.68. The minimum atomic E-state index is -0.445. The van der Waals surface area contributed by atoms with Crippen molar-refractivity contribution in [3.05, 3.63) is 61.3 Å². The maximum Gasteiger partial charge on any atom is 0.326 e. The van der Waals surface area contributed by atoms with Crippen molar-refractivity contribution in [2.24, 2.45) is 4.99 Å². The number of thiazole rings is 1. The number of carbonyl (C=O) groups excluding carboxylic acids is 2. The van der Waals surface area contributed by atoms with Crippen LogP contribution in [0.4, 0.5) is 0 Å². The Bertz CT molecular complexity index is 1110. The van der Waals surface area contributed by atoms with Crippen molar-refractivity contribution in [2.45, 2.75) is 13.5 Å². The second-order valence-electron chi connectivity index (χ2n) is 5.44. The van der Waals surface area contributed by atoms with Crippen LogP contribution in [-0.2, 0) is 16.1 Å². The van der Waals surface area contributed by atoms with Gasteiger partial charge in [0.2, 0.25) is 0 Å². The van der Waals surface area contributed by atoms with Gasteiger partial charge in [0.05, 0.1) is 21.8 Å². The normalized spacial score (nSPS) is 11.8. The molecule has 0 aliphatic heterocycles. The van der Waals surface area contributed by atoms with Gasteiger partial charge in [0.1, 0.15) is 6.54 Å². The summed E-state index contributed by atoms with van der Waals surface area (Å²) in [6.07, 6.45) is 0. The van der Waals surface area contributed by atoms with Gasteiger partial charge in [0.15, 0.2) is 4.80 Å². The Morgan fingerprint density at radius 2 is 2.04 bits per heavy atom. The van der Waals surface area contributed by atoms with Gasteiger partial charge in [0, 0.05) is 15.1 Å². The summed E-state index contributed by atoms with van der Waals surface area (Å²) in [4.78, 5) is 29.2. The van der Waals surface area contributed by atoms with Gasteiger partial charge in [-0.3, -0.25) is 9.59 Å². The minimum Gasteiger partial charge on any atom is -0.465 e. The number of halogens is 3. The number of ether oxygens (including phenoxy) is 1. The van der Waals surface area contributed by atoms with Crippen molar-refractivity contribution in [2.75, 3.05) is 6.61 Å². The first-order chi connectivity index (χ1) is 12.9. The molecule has 0 saturated heterocycles. The summed E-state index contributed by atoms with van der Waals surface area (Å²) in [5.74, 6) is -0.873. The van der Waals surface area contributed by atoms with Gasteiger partial charge in [-0.15, -0.1) is 0 Å². The zero-order valence-electron chi connectivity index (χ0n) is 14.0. The molecule has 0 fully saturated rings. The van der Waals surface area contributed by atoms with Crippen LogP contribution in [0.3, 0.4) is 0 Å². The van der Waals surface area contributed by atoms with E-state index in [-0.39, 0.29) is 13.2 Å². The highest BCUT2D eigenvalue weighted by Crippen LogP contribution is 2.29. The van der Waals surface area contributed by atoms with Gasteiger partial charge in [-0.25, -0.2) is 0 Å². The molecule has 1 amide bonds. The quantitative estimate of drug-likeness (QED) is 0.482. The zero-order chi connectivity index (χ0) is 19.6. The first kappa shape index (κ1) is 20.1. The van der Waals surface area contributed by atoms with E-state index in [0.717, 1.165) is 9.17 Å². The number of benzene rings is 2. The Morgan fingerprint density at radius 1 is 1.26 bits per heavy atom. The summed E-state index contributed by atoms with van der Waals surface area (Å²) in [6.45, 7) is 1.87. The molecular formula is C18H13BrCl2N2O3S. The molecule has 0 atom stereocenters. The molecular weight excluding hydrogens is 475 g/mol. The lowest BCUT2D eigenvalue weighted by atomic mass is 10.2. The SMILES string of the molecule is CCOC(=O)Cn1c(=NC(=O)c2cccc(Br)c2)sc2cc(Cl)cc(Cl)c21. The smallest absolute Gasteiger partial charge is 0.326 e. The topological polar surface area (TPSA) is 60.7 Å². The van der Waals surface area contributed by atoms with Crippen LogP contribution in [0, 0.1) is 0 Å². The predicted molar refractivity (Wildman–Crippen MR) is 111 cm³/mol. The molecule has 1 aromatic heterocycles. The number of fused-ring (bicyclic) bond motifs is 1. The molecule has 0 N–H and O–H groups in total. The largest absolute Gasteiger partial charge is 0.465 e. The molecule has 9 heteroatoms. The fourth-order valence-electron chi connectivity index (χ4n) is 2.47. The number of rotatable bonds is 4. The molecule has 27 heavy (non-hydrogen) atoms. The number of amides is 1. The van der Waals surface area contributed by atoms with Crippen molar-refractivity contribution < 1.29 is 14.3 Å². The summed E-state index contributed by atoms with van der Waals surface area (Å²) < 4.78 is 8.10. The molecule has 3 aromatic rings. The highest BCUT2D eigenvalue weighted by Gasteiger charge is 2.16. The molecule has 0 radical (unpaired) electrons. The Balaban J connectivity index is 2.17. The van der Waals surface area contributed by atoms with Gasteiger partial charge >= 0.3 is 5.97 Å². The van der Waals surface area contributed by atoms with Gasteiger partial charge in [-0.2, -0.15) is 4.99 Å². The molecule has 0 aliphatic carbocycles. The van der Waals surface area contributed by atoms with Crippen LogP contribution in [0.25, 0.3) is 10.2 Å². The number of carbonyl (C=O) groups is 2. The number of hydrogen-bond acceptors (Lipinski definition) is 4. The van der Waals surface area contributed by atoms with Crippen LogP contribution >= 0.6 is 50.5 Å². The molecule has 0 unspecified atom stereocenters. The van der Waals surface area contributed by atoms with Crippen LogP contribution in [0.2, 0.25) is 10.0 Å². The molecule has 0 saturated carbocycles. The average molecular weight is 488 g/mol. The highest BCUT2D eigenvalue weighted by atomic mass is 79.9. The van der Waals surface area contributed by atoms with E-state index in [9.17, 15) is 9.59 Å². The first-order valence-corrected chi connectivity index (χ1v) is 10.2. The predicted octanol–water partition coefficient (Wildman–Crippen LogP) is 5.08. The second kappa shape index (κ2) is 8.56. The van der Waals surface area contributed by atoms with Crippen LogP contribution in [0.15, 0.2) is 45.9 Å². The molecule has 1 heterocycles. The second-order valence-corrected chi connectivity index (χ2v) is 8.21. The fraction of sp³-hybridized carbons (Fsp3) is 0.167. The number of hydrogen-bond donors (Lipinski definition) is 0. The van der Waals surface area contributed by atoms with E-state index in [1.54, 1.807) is 41.8 Å². The van der Waals surface area contributed by atoms with Crippen molar-refractivity contribution in [1.82, 2.24) is 4.57 Å². The van der Waals surface area contributed by atoms with E-state index in [1.807, 2.05) is 6.07 Å². The molecule has 2 aromatic carbocycles. The lowest BCUT2D eigenvalue weighted by Crippen LogP contribution is -2.23. The highest BCUT2D eigenvalue weighted by molar-refractivity contribution is 9.10. The van der Waals surface area contributed by atoms with E-state index < -0.39 is 11.9 Å². The van der Waals surface area contributed by atoms with E-state index in [2.05, 4.69) is 20.9 Å². The summed E-state index contributed by atoms with van der Waals surface area (Å²) in [6, 6.07) is 10.2. The van der Waals surface area contributed by atoms with E-state index in [4.69, 9.17) is 27.9 Å². The average Bonchev–Trinajstić information content (AvgIpc) is 2.92. The lowest BCUT2D eigenvalue weighted by Gasteiger charge is -2.06. The maximum atomic E-state index is 12.6. The Morgan fingerprint density at radius 3 is 2.74 bits per heavy atom.